The Kier molecular flexibility index (Phi) is 3.90. The molecule has 0 saturated heterocycles. The van der Waals surface area contributed by atoms with Gasteiger partial charge in [0.2, 0.25) is 0 Å². The van der Waals surface area contributed by atoms with Crippen LogP contribution in [0.2, 0.25) is 5.02 Å². The second kappa shape index (κ2) is 5.21. The van der Waals surface area contributed by atoms with E-state index < -0.39 is 0 Å². The van der Waals surface area contributed by atoms with Crippen molar-refractivity contribution in [3.63, 3.8) is 0 Å². The lowest BCUT2D eigenvalue weighted by atomic mass is 10.2. The zero-order valence-corrected chi connectivity index (χ0v) is 11.9. The minimum atomic E-state index is 0.277. The van der Waals surface area contributed by atoms with Gasteiger partial charge in [-0.25, -0.2) is 0 Å². The highest BCUT2D eigenvalue weighted by atomic mass is 79.9. The van der Waals surface area contributed by atoms with E-state index in [9.17, 15) is 0 Å². The van der Waals surface area contributed by atoms with E-state index in [1.165, 1.54) is 4.88 Å². The topological polar surface area (TPSA) is 12.0 Å². The first kappa shape index (κ1) is 12.0. The van der Waals surface area contributed by atoms with E-state index in [2.05, 4.69) is 45.7 Å². The standard InChI is InChI=1S/C12H11BrClNS/c1-8(12-3-2-6-16-12)15-11-5-4-9(13)7-10(11)14/h2-8,15H,1H3. The van der Waals surface area contributed by atoms with Crippen LogP contribution in [0.3, 0.4) is 0 Å². The molecule has 0 saturated carbocycles. The molecule has 0 spiro atoms. The Hall–Kier alpha value is -0.510. The van der Waals surface area contributed by atoms with Crippen molar-refractivity contribution in [3.8, 4) is 0 Å². The van der Waals surface area contributed by atoms with Crippen LogP contribution < -0.4 is 5.32 Å². The van der Waals surface area contributed by atoms with E-state index in [0.717, 1.165) is 15.2 Å². The SMILES string of the molecule is CC(Nc1ccc(Br)cc1Cl)c1cccs1. The summed E-state index contributed by atoms with van der Waals surface area (Å²) in [6.07, 6.45) is 0. The lowest BCUT2D eigenvalue weighted by Gasteiger charge is -2.15. The fourth-order valence-corrected chi connectivity index (χ4v) is 2.91. The third-order valence-corrected chi connectivity index (χ3v) is 4.13. The molecule has 1 nitrogen and oxygen atoms in total. The van der Waals surface area contributed by atoms with Crippen LogP contribution in [-0.4, -0.2) is 0 Å². The molecule has 1 N–H and O–H groups in total. The van der Waals surface area contributed by atoms with Gasteiger partial charge in [-0.1, -0.05) is 33.6 Å². The maximum atomic E-state index is 6.15. The number of rotatable bonds is 3. The number of halogens is 2. The van der Waals surface area contributed by atoms with Gasteiger partial charge in [-0.05, 0) is 36.6 Å². The summed E-state index contributed by atoms with van der Waals surface area (Å²) < 4.78 is 0.992. The number of anilines is 1. The summed E-state index contributed by atoms with van der Waals surface area (Å²) in [5.41, 5.74) is 0.964. The van der Waals surface area contributed by atoms with Crippen molar-refractivity contribution in [2.75, 3.05) is 5.32 Å². The smallest absolute Gasteiger partial charge is 0.0648 e. The van der Waals surface area contributed by atoms with Gasteiger partial charge in [0.25, 0.3) is 0 Å². The fourth-order valence-electron chi connectivity index (χ4n) is 1.45. The van der Waals surface area contributed by atoms with Gasteiger partial charge in [-0.3, -0.25) is 0 Å². The summed E-state index contributed by atoms with van der Waals surface area (Å²) in [6, 6.07) is 10.3. The molecule has 1 aromatic heterocycles. The Morgan fingerprint density at radius 2 is 2.19 bits per heavy atom. The molecule has 0 aliphatic carbocycles. The molecule has 0 fully saturated rings. The normalized spacial score (nSPS) is 12.4. The number of hydrogen-bond acceptors (Lipinski definition) is 2. The molecule has 0 amide bonds. The summed E-state index contributed by atoms with van der Waals surface area (Å²) in [6.45, 7) is 2.13. The van der Waals surface area contributed by atoms with Crippen molar-refractivity contribution in [2.24, 2.45) is 0 Å². The predicted molar refractivity (Wildman–Crippen MR) is 75.5 cm³/mol. The van der Waals surface area contributed by atoms with E-state index in [1.54, 1.807) is 11.3 Å². The molecular weight excluding hydrogens is 306 g/mol. The number of thiophene rings is 1. The van der Waals surface area contributed by atoms with Gasteiger partial charge in [0, 0.05) is 9.35 Å². The van der Waals surface area contributed by atoms with Crippen molar-refractivity contribution < 1.29 is 0 Å². The molecule has 16 heavy (non-hydrogen) atoms. The molecule has 1 aromatic carbocycles. The monoisotopic (exact) mass is 315 g/mol. The summed E-state index contributed by atoms with van der Waals surface area (Å²) in [5, 5.41) is 6.21. The second-order valence-electron chi connectivity index (χ2n) is 3.51. The van der Waals surface area contributed by atoms with Gasteiger partial charge in [0.05, 0.1) is 16.8 Å². The fraction of sp³-hybridized carbons (Fsp3) is 0.167. The Balaban J connectivity index is 2.15. The maximum absolute atomic E-state index is 6.15. The first-order valence-corrected chi connectivity index (χ1v) is 6.97. The van der Waals surface area contributed by atoms with E-state index in [4.69, 9.17) is 11.6 Å². The maximum Gasteiger partial charge on any atom is 0.0648 e. The molecule has 0 bridgehead atoms. The van der Waals surface area contributed by atoms with Crippen molar-refractivity contribution in [1.29, 1.82) is 0 Å². The molecular formula is C12H11BrClNS. The van der Waals surface area contributed by atoms with E-state index in [-0.39, 0.29) is 6.04 Å². The van der Waals surface area contributed by atoms with Crippen LogP contribution in [0.15, 0.2) is 40.2 Å². The highest BCUT2D eigenvalue weighted by Gasteiger charge is 2.08. The zero-order chi connectivity index (χ0) is 11.5. The lowest BCUT2D eigenvalue weighted by molar-refractivity contribution is 0.908. The summed E-state index contributed by atoms with van der Waals surface area (Å²) in [7, 11) is 0. The van der Waals surface area contributed by atoms with Crippen molar-refractivity contribution >= 4 is 44.6 Å². The Morgan fingerprint density at radius 3 is 2.81 bits per heavy atom. The van der Waals surface area contributed by atoms with Crippen LogP contribution in [0, 0.1) is 0 Å². The van der Waals surface area contributed by atoms with Crippen molar-refractivity contribution in [3.05, 3.63) is 50.1 Å². The van der Waals surface area contributed by atoms with Gasteiger partial charge in [0.15, 0.2) is 0 Å². The molecule has 1 atom stereocenters. The quantitative estimate of drug-likeness (QED) is 0.806. The van der Waals surface area contributed by atoms with Gasteiger partial charge in [-0.2, -0.15) is 0 Å². The minimum Gasteiger partial charge on any atom is -0.377 e. The molecule has 84 valence electrons. The Bertz CT molecular complexity index is 470. The van der Waals surface area contributed by atoms with Gasteiger partial charge >= 0.3 is 0 Å². The van der Waals surface area contributed by atoms with Crippen LogP contribution >= 0.6 is 38.9 Å². The number of nitrogens with one attached hydrogen (secondary N) is 1. The van der Waals surface area contributed by atoms with Crippen LogP contribution in [0.1, 0.15) is 17.8 Å². The molecule has 0 radical (unpaired) electrons. The van der Waals surface area contributed by atoms with Crippen LogP contribution in [0.25, 0.3) is 0 Å². The van der Waals surface area contributed by atoms with Crippen LogP contribution in [0.5, 0.6) is 0 Å². The van der Waals surface area contributed by atoms with Gasteiger partial charge < -0.3 is 5.32 Å². The molecule has 1 unspecified atom stereocenters. The molecule has 0 aliphatic heterocycles. The predicted octanol–water partition coefficient (Wildman–Crippen LogP) is 5.34. The molecule has 1 heterocycles. The first-order valence-electron chi connectivity index (χ1n) is 4.92. The molecule has 2 aromatic rings. The number of benzene rings is 1. The lowest BCUT2D eigenvalue weighted by Crippen LogP contribution is -2.04. The molecule has 4 heteroatoms. The van der Waals surface area contributed by atoms with E-state index >= 15 is 0 Å². The van der Waals surface area contributed by atoms with Crippen LogP contribution in [0.4, 0.5) is 5.69 Å². The Morgan fingerprint density at radius 1 is 1.38 bits per heavy atom. The second-order valence-corrected chi connectivity index (χ2v) is 5.81. The van der Waals surface area contributed by atoms with Crippen LogP contribution in [-0.2, 0) is 0 Å². The van der Waals surface area contributed by atoms with E-state index in [1.807, 2.05) is 18.2 Å². The van der Waals surface area contributed by atoms with Crippen molar-refractivity contribution in [2.45, 2.75) is 13.0 Å². The third-order valence-electron chi connectivity index (χ3n) is 2.27. The average molecular weight is 317 g/mol. The summed E-state index contributed by atoms with van der Waals surface area (Å²) in [5.74, 6) is 0. The number of hydrogen-bond donors (Lipinski definition) is 1. The largest absolute Gasteiger partial charge is 0.377 e. The van der Waals surface area contributed by atoms with Crippen molar-refractivity contribution in [1.82, 2.24) is 0 Å². The first-order chi connectivity index (χ1) is 7.66. The van der Waals surface area contributed by atoms with E-state index in [0.29, 0.717) is 0 Å². The van der Waals surface area contributed by atoms with Gasteiger partial charge in [0.1, 0.15) is 0 Å². The Labute approximate surface area is 113 Å². The highest BCUT2D eigenvalue weighted by Crippen LogP contribution is 2.29. The summed E-state index contributed by atoms with van der Waals surface area (Å²) >= 11 is 11.3. The molecule has 2 rings (SSSR count). The molecule has 0 aliphatic rings. The average Bonchev–Trinajstić information content (AvgIpc) is 2.75. The third kappa shape index (κ3) is 2.78. The summed E-state index contributed by atoms with van der Waals surface area (Å²) in [4.78, 5) is 1.30. The highest BCUT2D eigenvalue weighted by molar-refractivity contribution is 9.10. The van der Waals surface area contributed by atoms with Gasteiger partial charge in [-0.15, -0.1) is 11.3 Å². The minimum absolute atomic E-state index is 0.277. The zero-order valence-electron chi connectivity index (χ0n) is 8.71.